The van der Waals surface area contributed by atoms with E-state index in [4.69, 9.17) is 11.6 Å². The lowest BCUT2D eigenvalue weighted by molar-refractivity contribution is -0.137. The zero-order valence-electron chi connectivity index (χ0n) is 13.6. The van der Waals surface area contributed by atoms with Crippen LogP contribution in [0.3, 0.4) is 0 Å². The molecule has 0 aliphatic carbocycles. The molecule has 134 valence electrons. The van der Waals surface area contributed by atoms with Gasteiger partial charge in [-0.15, -0.1) is 0 Å². The lowest BCUT2D eigenvalue weighted by Gasteiger charge is -2.12. The Labute approximate surface area is 148 Å². The molecule has 0 radical (unpaired) electrons. The van der Waals surface area contributed by atoms with Crippen molar-refractivity contribution in [3.8, 4) is 0 Å². The number of rotatable bonds is 5. The Morgan fingerprint density at radius 2 is 1.96 bits per heavy atom. The minimum absolute atomic E-state index is 0.0181. The van der Waals surface area contributed by atoms with Gasteiger partial charge in [0.15, 0.2) is 0 Å². The molecule has 4 nitrogen and oxygen atoms in total. The predicted octanol–water partition coefficient (Wildman–Crippen LogP) is 5.07. The van der Waals surface area contributed by atoms with Gasteiger partial charge in [0.25, 0.3) is 5.91 Å². The SMILES string of the molecule is CC(C)CNc1ccc(C(=O)Nc2cc(C(F)(F)F)ccc2Cl)cn1. The molecule has 0 aliphatic rings. The number of hydrogen-bond donors (Lipinski definition) is 2. The van der Waals surface area contributed by atoms with Gasteiger partial charge in [-0.05, 0) is 36.2 Å². The van der Waals surface area contributed by atoms with Crippen molar-refractivity contribution in [1.82, 2.24) is 4.98 Å². The summed E-state index contributed by atoms with van der Waals surface area (Å²) in [6.07, 6.45) is -3.17. The van der Waals surface area contributed by atoms with E-state index < -0.39 is 17.6 Å². The molecule has 0 atom stereocenters. The van der Waals surface area contributed by atoms with Gasteiger partial charge in [-0.1, -0.05) is 25.4 Å². The molecule has 2 N–H and O–H groups in total. The zero-order valence-corrected chi connectivity index (χ0v) is 14.4. The van der Waals surface area contributed by atoms with Crippen molar-refractivity contribution in [3.05, 3.63) is 52.7 Å². The Bertz CT molecular complexity index is 746. The molecule has 0 unspecified atom stereocenters. The Morgan fingerprint density at radius 1 is 1.24 bits per heavy atom. The Hall–Kier alpha value is -2.28. The van der Waals surface area contributed by atoms with Crippen LogP contribution in [0, 0.1) is 5.92 Å². The molecule has 1 heterocycles. The van der Waals surface area contributed by atoms with Gasteiger partial charge in [-0.2, -0.15) is 13.2 Å². The molecule has 25 heavy (non-hydrogen) atoms. The van der Waals surface area contributed by atoms with Gasteiger partial charge >= 0.3 is 6.18 Å². The molecule has 2 rings (SSSR count). The van der Waals surface area contributed by atoms with Crippen LogP contribution in [0.4, 0.5) is 24.7 Å². The lowest BCUT2D eigenvalue weighted by Crippen LogP contribution is -2.14. The maximum absolute atomic E-state index is 12.8. The van der Waals surface area contributed by atoms with Gasteiger partial charge < -0.3 is 10.6 Å². The number of hydrogen-bond acceptors (Lipinski definition) is 3. The second-order valence-corrected chi connectivity index (χ2v) is 6.26. The van der Waals surface area contributed by atoms with Crippen LogP contribution >= 0.6 is 11.6 Å². The Kier molecular flexibility index (Phi) is 5.89. The van der Waals surface area contributed by atoms with Gasteiger partial charge in [0, 0.05) is 12.7 Å². The van der Waals surface area contributed by atoms with Crippen LogP contribution < -0.4 is 10.6 Å². The van der Waals surface area contributed by atoms with Crippen LogP contribution in [0.25, 0.3) is 0 Å². The number of amides is 1. The monoisotopic (exact) mass is 371 g/mol. The fourth-order valence-corrected chi connectivity index (χ4v) is 2.10. The largest absolute Gasteiger partial charge is 0.416 e. The normalized spacial score (nSPS) is 11.5. The number of nitrogens with one attached hydrogen (secondary N) is 2. The summed E-state index contributed by atoms with van der Waals surface area (Å²) >= 11 is 5.87. The number of carbonyl (C=O) groups is 1. The van der Waals surface area contributed by atoms with Crippen LogP contribution in [-0.2, 0) is 6.18 Å². The number of alkyl halides is 3. The van der Waals surface area contributed by atoms with Crippen molar-refractivity contribution in [2.45, 2.75) is 20.0 Å². The van der Waals surface area contributed by atoms with E-state index in [1.807, 2.05) is 13.8 Å². The van der Waals surface area contributed by atoms with Crippen LogP contribution in [0.1, 0.15) is 29.8 Å². The number of halogens is 4. The molecule has 0 aliphatic heterocycles. The van der Waals surface area contributed by atoms with Crippen molar-refractivity contribution in [2.75, 3.05) is 17.2 Å². The fourth-order valence-electron chi connectivity index (χ4n) is 1.93. The molecule has 0 saturated carbocycles. The Morgan fingerprint density at radius 3 is 2.52 bits per heavy atom. The van der Waals surface area contributed by atoms with E-state index in [0.29, 0.717) is 11.7 Å². The molecule has 2 aromatic rings. The molecule has 0 saturated heterocycles. The molecule has 8 heteroatoms. The van der Waals surface area contributed by atoms with Gasteiger partial charge in [-0.25, -0.2) is 4.98 Å². The van der Waals surface area contributed by atoms with Crippen molar-refractivity contribution >= 4 is 29.0 Å². The summed E-state index contributed by atoms with van der Waals surface area (Å²) in [5, 5.41) is 5.50. The molecule has 1 aromatic heterocycles. The van der Waals surface area contributed by atoms with E-state index in [2.05, 4.69) is 15.6 Å². The van der Waals surface area contributed by atoms with E-state index in [9.17, 15) is 18.0 Å². The third-order valence-electron chi connectivity index (χ3n) is 3.26. The first-order valence-corrected chi connectivity index (χ1v) is 7.92. The first kappa shape index (κ1) is 19.1. The highest BCUT2D eigenvalue weighted by atomic mass is 35.5. The second-order valence-electron chi connectivity index (χ2n) is 5.85. The number of benzene rings is 1. The highest BCUT2D eigenvalue weighted by Gasteiger charge is 2.31. The molecular weight excluding hydrogens is 355 g/mol. The van der Waals surface area contributed by atoms with Crippen LogP contribution in [-0.4, -0.2) is 17.4 Å². The van der Waals surface area contributed by atoms with Gasteiger partial charge in [-0.3, -0.25) is 4.79 Å². The summed E-state index contributed by atoms with van der Waals surface area (Å²) in [4.78, 5) is 16.3. The van der Waals surface area contributed by atoms with Crippen LogP contribution in [0.15, 0.2) is 36.5 Å². The zero-order chi connectivity index (χ0) is 18.6. The van der Waals surface area contributed by atoms with Crippen molar-refractivity contribution < 1.29 is 18.0 Å². The molecule has 0 bridgehead atoms. The molecular formula is C17H17ClF3N3O. The third-order valence-corrected chi connectivity index (χ3v) is 3.59. The molecule has 1 amide bonds. The average molecular weight is 372 g/mol. The first-order valence-electron chi connectivity index (χ1n) is 7.55. The van der Waals surface area contributed by atoms with Gasteiger partial charge in [0.05, 0.1) is 21.8 Å². The first-order chi connectivity index (χ1) is 11.7. The fraction of sp³-hybridized carbons (Fsp3) is 0.294. The summed E-state index contributed by atoms with van der Waals surface area (Å²) in [5.74, 6) is 0.458. The number of pyridine rings is 1. The van der Waals surface area contributed by atoms with E-state index in [1.54, 1.807) is 6.07 Å². The summed E-state index contributed by atoms with van der Waals surface area (Å²) < 4.78 is 38.3. The molecule has 0 fully saturated rings. The highest BCUT2D eigenvalue weighted by Crippen LogP contribution is 2.33. The summed E-state index contributed by atoms with van der Waals surface area (Å²) in [6, 6.07) is 5.91. The smallest absolute Gasteiger partial charge is 0.370 e. The van der Waals surface area contributed by atoms with Crippen molar-refractivity contribution in [3.63, 3.8) is 0 Å². The summed E-state index contributed by atoms with van der Waals surface area (Å²) in [6.45, 7) is 4.83. The third kappa shape index (κ3) is 5.35. The summed E-state index contributed by atoms with van der Waals surface area (Å²) in [7, 11) is 0. The number of carbonyl (C=O) groups excluding carboxylic acids is 1. The number of aromatic nitrogens is 1. The van der Waals surface area contributed by atoms with Crippen molar-refractivity contribution in [1.29, 1.82) is 0 Å². The maximum Gasteiger partial charge on any atom is 0.416 e. The standard InChI is InChI=1S/C17H17ClF3N3O/c1-10(2)8-22-15-6-3-11(9-23-15)16(25)24-14-7-12(17(19,20)21)4-5-13(14)18/h3-7,9-10H,8H2,1-2H3,(H,22,23)(H,24,25). The van der Waals surface area contributed by atoms with Gasteiger partial charge in [0.1, 0.15) is 5.82 Å². The highest BCUT2D eigenvalue weighted by molar-refractivity contribution is 6.34. The quantitative estimate of drug-likeness (QED) is 0.771. The van der Waals surface area contributed by atoms with E-state index in [-0.39, 0.29) is 16.3 Å². The number of anilines is 2. The average Bonchev–Trinajstić information content (AvgIpc) is 2.54. The minimum Gasteiger partial charge on any atom is -0.370 e. The second kappa shape index (κ2) is 7.74. The molecule has 0 spiro atoms. The predicted molar refractivity (Wildman–Crippen MR) is 92.0 cm³/mol. The van der Waals surface area contributed by atoms with E-state index in [0.717, 1.165) is 24.7 Å². The van der Waals surface area contributed by atoms with Crippen LogP contribution in [0.5, 0.6) is 0 Å². The van der Waals surface area contributed by atoms with E-state index >= 15 is 0 Å². The lowest BCUT2D eigenvalue weighted by atomic mass is 10.2. The van der Waals surface area contributed by atoms with Crippen molar-refractivity contribution in [2.24, 2.45) is 5.92 Å². The minimum atomic E-state index is -4.52. The van der Waals surface area contributed by atoms with Crippen LogP contribution in [0.2, 0.25) is 5.02 Å². The molecule has 1 aromatic carbocycles. The summed E-state index contributed by atoms with van der Waals surface area (Å²) in [5.41, 5.74) is -0.786. The maximum atomic E-state index is 12.8. The topological polar surface area (TPSA) is 54.0 Å². The Balaban J connectivity index is 2.12. The van der Waals surface area contributed by atoms with Gasteiger partial charge in [0.2, 0.25) is 0 Å². The number of nitrogens with zero attached hydrogens (tertiary/aromatic N) is 1. The van der Waals surface area contributed by atoms with E-state index in [1.165, 1.54) is 12.3 Å².